The van der Waals surface area contributed by atoms with Crippen LogP contribution in [0, 0.1) is 6.57 Å². The molecule has 0 N–H and O–H groups in total. The third-order valence-electron chi connectivity index (χ3n) is 1.73. The Morgan fingerprint density at radius 3 is 2.56 bits per heavy atom. The third kappa shape index (κ3) is 3.99. The molecule has 0 saturated carbocycles. The SMILES string of the molecule is [C-]#[N+]CCc1ccc(OC(F)(F)F)c(Cl)c1. The van der Waals surface area contributed by atoms with Crippen LogP contribution in [-0.4, -0.2) is 12.9 Å². The van der Waals surface area contributed by atoms with Crippen LogP contribution in [0.5, 0.6) is 5.75 Å². The lowest BCUT2D eigenvalue weighted by Gasteiger charge is -2.10. The molecule has 0 aliphatic rings. The molecular weight excluding hydrogens is 243 g/mol. The lowest BCUT2D eigenvalue weighted by molar-refractivity contribution is -0.274. The Kier molecular flexibility index (Phi) is 4.02. The maximum atomic E-state index is 11.9. The number of ether oxygens (including phenoxy) is 1. The molecule has 1 aromatic rings. The summed E-state index contributed by atoms with van der Waals surface area (Å²) in [6, 6.07) is 3.97. The van der Waals surface area contributed by atoms with E-state index in [1.54, 1.807) is 0 Å². The Morgan fingerprint density at radius 2 is 2.06 bits per heavy atom. The van der Waals surface area contributed by atoms with Crippen LogP contribution in [0.15, 0.2) is 18.2 Å². The van der Waals surface area contributed by atoms with E-state index in [-0.39, 0.29) is 11.6 Å². The molecule has 86 valence electrons. The molecule has 0 heterocycles. The second-order valence-corrected chi connectivity index (χ2v) is 3.35. The fraction of sp³-hybridized carbons (Fsp3) is 0.300. The zero-order valence-corrected chi connectivity index (χ0v) is 8.77. The van der Waals surface area contributed by atoms with Crippen LogP contribution in [0.4, 0.5) is 13.2 Å². The molecule has 1 aromatic carbocycles. The molecule has 0 unspecified atom stereocenters. The predicted octanol–water partition coefficient (Wildman–Crippen LogP) is 3.70. The number of nitrogens with zero attached hydrogens (tertiary/aromatic N) is 1. The lowest BCUT2D eigenvalue weighted by atomic mass is 10.1. The highest BCUT2D eigenvalue weighted by Gasteiger charge is 2.31. The van der Waals surface area contributed by atoms with Crippen LogP contribution in [0.25, 0.3) is 4.85 Å². The van der Waals surface area contributed by atoms with Crippen LogP contribution in [0.1, 0.15) is 5.56 Å². The third-order valence-corrected chi connectivity index (χ3v) is 2.03. The molecule has 0 aliphatic heterocycles. The van der Waals surface area contributed by atoms with Gasteiger partial charge in [-0.15, -0.1) is 13.2 Å². The first kappa shape index (κ1) is 12.7. The van der Waals surface area contributed by atoms with Gasteiger partial charge in [-0.3, -0.25) is 0 Å². The van der Waals surface area contributed by atoms with E-state index >= 15 is 0 Å². The minimum Gasteiger partial charge on any atom is -0.404 e. The number of halogens is 4. The zero-order valence-electron chi connectivity index (χ0n) is 8.01. The molecule has 1 rings (SSSR count). The standard InChI is InChI=1S/C10H7ClF3NO/c1-15-5-4-7-2-3-9(8(11)6-7)16-10(12,13)14/h2-3,6H,4-5H2. The van der Waals surface area contributed by atoms with Crippen LogP contribution >= 0.6 is 11.6 Å². The molecule has 0 aliphatic carbocycles. The van der Waals surface area contributed by atoms with E-state index in [9.17, 15) is 13.2 Å². The number of hydrogen-bond donors (Lipinski definition) is 0. The van der Waals surface area contributed by atoms with E-state index in [1.165, 1.54) is 12.1 Å². The van der Waals surface area contributed by atoms with E-state index in [2.05, 4.69) is 9.58 Å². The van der Waals surface area contributed by atoms with Gasteiger partial charge < -0.3 is 9.58 Å². The fourth-order valence-corrected chi connectivity index (χ4v) is 1.33. The van der Waals surface area contributed by atoms with Gasteiger partial charge >= 0.3 is 6.36 Å². The second kappa shape index (κ2) is 5.08. The first-order valence-corrected chi connectivity index (χ1v) is 4.67. The van der Waals surface area contributed by atoms with E-state index < -0.39 is 12.1 Å². The normalized spacial score (nSPS) is 10.9. The van der Waals surface area contributed by atoms with E-state index in [4.69, 9.17) is 18.2 Å². The van der Waals surface area contributed by atoms with Crippen molar-refractivity contribution in [2.45, 2.75) is 12.8 Å². The molecule has 0 aromatic heterocycles. The number of benzene rings is 1. The summed E-state index contributed by atoms with van der Waals surface area (Å²) >= 11 is 5.61. The molecule has 0 saturated heterocycles. The van der Waals surface area contributed by atoms with Gasteiger partial charge in [0.05, 0.1) is 5.02 Å². The molecule has 6 heteroatoms. The van der Waals surface area contributed by atoms with Crippen LogP contribution in [0.2, 0.25) is 5.02 Å². The highest BCUT2D eigenvalue weighted by Crippen LogP contribution is 2.30. The van der Waals surface area contributed by atoms with Crippen LogP contribution < -0.4 is 4.74 Å². The van der Waals surface area contributed by atoms with Crippen molar-refractivity contribution in [1.29, 1.82) is 0 Å². The lowest BCUT2D eigenvalue weighted by Crippen LogP contribution is -2.17. The number of rotatable bonds is 3. The molecule has 0 amide bonds. The summed E-state index contributed by atoms with van der Waals surface area (Å²) < 4.78 is 39.4. The minimum atomic E-state index is -4.75. The summed E-state index contributed by atoms with van der Waals surface area (Å²) in [6.45, 7) is 6.86. The van der Waals surface area contributed by atoms with Gasteiger partial charge in [-0.1, -0.05) is 17.7 Å². The molecule has 2 nitrogen and oxygen atoms in total. The Labute approximate surface area is 95.4 Å². The van der Waals surface area contributed by atoms with Gasteiger partial charge in [0.2, 0.25) is 6.54 Å². The van der Waals surface area contributed by atoms with Crippen molar-refractivity contribution in [3.05, 3.63) is 40.2 Å². The summed E-state index contributed by atoms with van der Waals surface area (Å²) in [4.78, 5) is 3.14. The molecule has 16 heavy (non-hydrogen) atoms. The maximum absolute atomic E-state index is 11.9. The fourth-order valence-electron chi connectivity index (χ4n) is 1.09. The van der Waals surface area contributed by atoms with E-state index in [0.717, 1.165) is 6.07 Å². The average molecular weight is 250 g/mol. The molecule has 0 radical (unpaired) electrons. The van der Waals surface area contributed by atoms with Crippen molar-refractivity contribution in [1.82, 2.24) is 0 Å². The molecule has 0 spiro atoms. The van der Waals surface area contributed by atoms with Crippen molar-refractivity contribution < 1.29 is 17.9 Å². The average Bonchev–Trinajstić information content (AvgIpc) is 2.17. The van der Waals surface area contributed by atoms with Crippen LogP contribution in [0.3, 0.4) is 0 Å². The summed E-state index contributed by atoms with van der Waals surface area (Å²) in [5.41, 5.74) is 0.704. The molecular formula is C10H7ClF3NO. The first-order chi connectivity index (χ1) is 7.42. The van der Waals surface area contributed by atoms with Gasteiger partial charge in [0.1, 0.15) is 5.75 Å². The summed E-state index contributed by atoms with van der Waals surface area (Å²) in [7, 11) is 0. The monoisotopic (exact) mass is 249 g/mol. The maximum Gasteiger partial charge on any atom is 0.573 e. The highest BCUT2D eigenvalue weighted by molar-refractivity contribution is 6.32. The Morgan fingerprint density at radius 1 is 1.38 bits per heavy atom. The largest absolute Gasteiger partial charge is 0.573 e. The van der Waals surface area contributed by atoms with Gasteiger partial charge in [-0.05, 0) is 17.7 Å². The molecule has 0 bridgehead atoms. The van der Waals surface area contributed by atoms with Gasteiger partial charge in [0, 0.05) is 6.42 Å². The zero-order chi connectivity index (χ0) is 12.2. The quantitative estimate of drug-likeness (QED) is 0.745. The topological polar surface area (TPSA) is 13.6 Å². The van der Waals surface area contributed by atoms with Crippen molar-refractivity contribution >= 4 is 11.6 Å². The molecule has 0 fully saturated rings. The van der Waals surface area contributed by atoms with Crippen molar-refractivity contribution in [3.63, 3.8) is 0 Å². The molecule has 0 atom stereocenters. The smallest absolute Gasteiger partial charge is 0.404 e. The predicted molar refractivity (Wildman–Crippen MR) is 53.3 cm³/mol. The summed E-state index contributed by atoms with van der Waals surface area (Å²) in [5, 5.41) is -0.111. The Bertz CT molecular complexity index is 412. The highest BCUT2D eigenvalue weighted by atomic mass is 35.5. The number of hydrogen-bond acceptors (Lipinski definition) is 1. The summed E-state index contributed by atoms with van der Waals surface area (Å²) in [6.07, 6.45) is -4.29. The van der Waals surface area contributed by atoms with Crippen molar-refractivity contribution in [2.24, 2.45) is 0 Å². The van der Waals surface area contributed by atoms with Crippen molar-refractivity contribution in [2.75, 3.05) is 6.54 Å². The van der Waals surface area contributed by atoms with Crippen LogP contribution in [-0.2, 0) is 6.42 Å². The van der Waals surface area contributed by atoms with Crippen molar-refractivity contribution in [3.8, 4) is 5.75 Å². The second-order valence-electron chi connectivity index (χ2n) is 2.94. The van der Waals surface area contributed by atoms with E-state index in [0.29, 0.717) is 12.0 Å². The van der Waals surface area contributed by atoms with Gasteiger partial charge in [0.25, 0.3) is 0 Å². The van der Waals surface area contributed by atoms with Gasteiger partial charge in [-0.2, -0.15) is 0 Å². The van der Waals surface area contributed by atoms with Gasteiger partial charge in [-0.25, -0.2) is 6.57 Å². The first-order valence-electron chi connectivity index (χ1n) is 4.30. The Balaban J connectivity index is 2.80. The summed E-state index contributed by atoms with van der Waals surface area (Å²) in [5.74, 6) is -0.430. The minimum absolute atomic E-state index is 0.111. The Hall–Kier alpha value is -1.41. The van der Waals surface area contributed by atoms with Gasteiger partial charge in [0.15, 0.2) is 0 Å². The van der Waals surface area contributed by atoms with E-state index in [1.807, 2.05) is 0 Å². The number of alkyl halides is 3.